The summed E-state index contributed by atoms with van der Waals surface area (Å²) in [4.78, 5) is 16.9. The van der Waals surface area contributed by atoms with Crippen LogP contribution >= 0.6 is 11.6 Å². The number of fused-ring (bicyclic) bond motifs is 1. The predicted molar refractivity (Wildman–Crippen MR) is 114 cm³/mol. The summed E-state index contributed by atoms with van der Waals surface area (Å²) in [5, 5.41) is 7.87. The number of hydrogen-bond donors (Lipinski definition) is 3. The molecule has 0 saturated heterocycles. The Hall–Kier alpha value is -2.80. The van der Waals surface area contributed by atoms with E-state index in [0.29, 0.717) is 16.5 Å². The van der Waals surface area contributed by atoms with Gasteiger partial charge in [0.05, 0.1) is 11.2 Å². The molecule has 1 aromatic carbocycles. The molecule has 0 spiro atoms. The molecule has 0 aliphatic rings. The lowest BCUT2D eigenvalue weighted by molar-refractivity contribution is 0.254. The minimum Gasteiger partial charge on any atom is -0.306 e. The number of halogens is 1. The normalized spacial score (nSPS) is 11.1. The van der Waals surface area contributed by atoms with E-state index in [1.807, 2.05) is 44.6 Å². The maximum absolute atomic E-state index is 12.3. The fourth-order valence-electron chi connectivity index (χ4n) is 3.21. The molecule has 0 fully saturated rings. The molecule has 28 heavy (non-hydrogen) atoms. The summed E-state index contributed by atoms with van der Waals surface area (Å²) in [5.74, 6) is 0.841. The summed E-state index contributed by atoms with van der Waals surface area (Å²) in [6, 6.07) is 5.20. The Morgan fingerprint density at radius 2 is 1.86 bits per heavy atom. The summed E-state index contributed by atoms with van der Waals surface area (Å²) < 4.78 is 1.85. The Balaban J connectivity index is 1.79. The van der Waals surface area contributed by atoms with E-state index in [9.17, 15) is 4.79 Å². The summed E-state index contributed by atoms with van der Waals surface area (Å²) in [5.41, 5.74) is 11.9. The lowest BCUT2D eigenvalue weighted by Crippen LogP contribution is -2.34. The van der Waals surface area contributed by atoms with Gasteiger partial charge >= 0.3 is 6.03 Å². The van der Waals surface area contributed by atoms with Crippen LogP contribution in [0.2, 0.25) is 5.02 Å². The summed E-state index contributed by atoms with van der Waals surface area (Å²) >= 11 is 6.16. The molecule has 3 rings (SSSR count). The van der Waals surface area contributed by atoms with Crippen molar-refractivity contribution < 1.29 is 4.79 Å². The van der Waals surface area contributed by atoms with Crippen molar-refractivity contribution in [2.45, 2.75) is 40.5 Å². The van der Waals surface area contributed by atoms with Crippen molar-refractivity contribution in [1.29, 1.82) is 0 Å². The van der Waals surface area contributed by atoms with Crippen molar-refractivity contribution in [2.75, 3.05) is 10.7 Å². The number of aryl methyl sites for hydroxylation is 4. The third-order valence-corrected chi connectivity index (χ3v) is 5.08. The Morgan fingerprint density at radius 3 is 2.54 bits per heavy atom. The van der Waals surface area contributed by atoms with E-state index in [0.717, 1.165) is 33.4 Å². The van der Waals surface area contributed by atoms with Gasteiger partial charge in [-0.25, -0.2) is 9.78 Å². The number of hydrazine groups is 1. The van der Waals surface area contributed by atoms with Crippen LogP contribution in [0.3, 0.4) is 0 Å². The van der Waals surface area contributed by atoms with Gasteiger partial charge < -0.3 is 5.32 Å². The second kappa shape index (κ2) is 7.67. The first kappa shape index (κ1) is 19.9. The first-order valence-electron chi connectivity index (χ1n) is 9.11. The van der Waals surface area contributed by atoms with Crippen molar-refractivity contribution in [2.24, 2.45) is 7.05 Å². The van der Waals surface area contributed by atoms with E-state index in [1.54, 1.807) is 6.07 Å². The smallest absolute Gasteiger partial charge is 0.306 e. The quantitative estimate of drug-likeness (QED) is 0.548. The van der Waals surface area contributed by atoms with Crippen LogP contribution in [-0.4, -0.2) is 20.8 Å². The molecule has 2 aromatic heterocycles. The van der Waals surface area contributed by atoms with Crippen LogP contribution in [0.1, 0.15) is 42.1 Å². The Morgan fingerprint density at radius 1 is 1.14 bits per heavy atom. The van der Waals surface area contributed by atoms with Gasteiger partial charge in [-0.1, -0.05) is 31.5 Å². The Kier molecular flexibility index (Phi) is 5.47. The zero-order valence-corrected chi connectivity index (χ0v) is 17.7. The lowest BCUT2D eigenvalue weighted by Gasteiger charge is -2.14. The SMILES string of the molecule is Cc1cc(C)c(NC(=O)NNc2cc(C(C)C)c3c(n2)c(C)nn3C)cc1Cl. The van der Waals surface area contributed by atoms with Crippen LogP contribution in [-0.2, 0) is 7.05 Å². The minimum absolute atomic E-state index is 0.284. The molecule has 0 aliphatic heterocycles. The number of urea groups is 1. The van der Waals surface area contributed by atoms with Crippen molar-refractivity contribution in [3.8, 4) is 0 Å². The van der Waals surface area contributed by atoms with Crippen LogP contribution in [0.25, 0.3) is 11.0 Å². The van der Waals surface area contributed by atoms with Gasteiger partial charge in [-0.05, 0) is 55.5 Å². The molecule has 3 N–H and O–H groups in total. The highest BCUT2D eigenvalue weighted by Gasteiger charge is 2.16. The van der Waals surface area contributed by atoms with Crippen molar-refractivity contribution in [3.05, 3.63) is 45.6 Å². The summed E-state index contributed by atoms with van der Waals surface area (Å²) in [7, 11) is 1.91. The van der Waals surface area contributed by atoms with Gasteiger partial charge in [0.2, 0.25) is 0 Å². The second-order valence-corrected chi connectivity index (χ2v) is 7.69. The molecule has 0 unspecified atom stereocenters. The van der Waals surface area contributed by atoms with Gasteiger partial charge in [0.1, 0.15) is 11.3 Å². The van der Waals surface area contributed by atoms with Gasteiger partial charge in [-0.15, -0.1) is 0 Å². The fourth-order valence-corrected chi connectivity index (χ4v) is 3.38. The van der Waals surface area contributed by atoms with Gasteiger partial charge in [-0.2, -0.15) is 5.10 Å². The van der Waals surface area contributed by atoms with Crippen molar-refractivity contribution >= 4 is 40.2 Å². The number of benzene rings is 1. The molecule has 0 bridgehead atoms. The standard InChI is InChI=1S/C20H25ClN6O/c1-10(2)14-8-17(23-18-13(5)26-27(6)19(14)18)24-25-20(28)22-16-9-15(21)11(3)7-12(16)4/h7-10H,1-6H3,(H,23,24)(H2,22,25,28). The highest BCUT2D eigenvalue weighted by molar-refractivity contribution is 6.31. The molecular formula is C20H25ClN6O. The Labute approximate surface area is 169 Å². The van der Waals surface area contributed by atoms with Crippen LogP contribution in [0.4, 0.5) is 16.3 Å². The second-order valence-electron chi connectivity index (χ2n) is 7.28. The number of nitrogens with zero attached hydrogens (tertiary/aromatic N) is 3. The summed E-state index contributed by atoms with van der Waals surface area (Å²) in [6.07, 6.45) is 0. The molecule has 148 valence electrons. The van der Waals surface area contributed by atoms with Crippen LogP contribution in [0.15, 0.2) is 18.2 Å². The zero-order valence-electron chi connectivity index (χ0n) is 16.9. The third-order valence-electron chi connectivity index (χ3n) is 4.67. The number of pyridine rings is 1. The number of rotatable bonds is 4. The zero-order chi connectivity index (χ0) is 20.6. The van der Waals surface area contributed by atoms with Crippen LogP contribution in [0, 0.1) is 20.8 Å². The van der Waals surface area contributed by atoms with E-state index in [2.05, 4.69) is 40.1 Å². The number of amides is 2. The monoisotopic (exact) mass is 400 g/mol. The molecular weight excluding hydrogens is 376 g/mol. The molecule has 0 aliphatic carbocycles. The molecule has 8 heteroatoms. The molecule has 0 atom stereocenters. The highest BCUT2D eigenvalue weighted by Crippen LogP contribution is 2.28. The highest BCUT2D eigenvalue weighted by atomic mass is 35.5. The van der Waals surface area contributed by atoms with Gasteiger partial charge in [0.25, 0.3) is 0 Å². The van der Waals surface area contributed by atoms with E-state index in [-0.39, 0.29) is 5.92 Å². The molecule has 3 aromatic rings. The number of carbonyl (C=O) groups excluding carboxylic acids is 1. The summed E-state index contributed by atoms with van der Waals surface area (Å²) in [6.45, 7) is 10.0. The van der Waals surface area contributed by atoms with E-state index in [4.69, 9.17) is 11.6 Å². The molecule has 0 saturated carbocycles. The third kappa shape index (κ3) is 3.89. The van der Waals surface area contributed by atoms with E-state index >= 15 is 0 Å². The first-order valence-corrected chi connectivity index (χ1v) is 9.49. The van der Waals surface area contributed by atoms with Crippen molar-refractivity contribution in [1.82, 2.24) is 20.2 Å². The van der Waals surface area contributed by atoms with Gasteiger partial charge in [0, 0.05) is 17.8 Å². The maximum atomic E-state index is 12.3. The number of carbonyl (C=O) groups is 1. The minimum atomic E-state index is -0.404. The largest absolute Gasteiger partial charge is 0.337 e. The number of hydrogen-bond acceptors (Lipinski definition) is 4. The topological polar surface area (TPSA) is 83.9 Å². The Bertz CT molecular complexity index is 1060. The van der Waals surface area contributed by atoms with E-state index in [1.165, 1.54) is 0 Å². The van der Waals surface area contributed by atoms with Gasteiger partial charge in [0.15, 0.2) is 0 Å². The van der Waals surface area contributed by atoms with Crippen LogP contribution in [0.5, 0.6) is 0 Å². The molecule has 0 radical (unpaired) electrons. The van der Waals surface area contributed by atoms with Crippen LogP contribution < -0.4 is 16.2 Å². The van der Waals surface area contributed by atoms with Crippen molar-refractivity contribution in [3.63, 3.8) is 0 Å². The average molecular weight is 401 g/mol. The first-order chi connectivity index (χ1) is 13.2. The fraction of sp³-hybridized carbons (Fsp3) is 0.350. The van der Waals surface area contributed by atoms with Gasteiger partial charge in [-0.3, -0.25) is 15.5 Å². The molecule has 2 amide bonds. The number of anilines is 2. The average Bonchev–Trinajstić information content (AvgIpc) is 2.91. The predicted octanol–water partition coefficient (Wildman–Crippen LogP) is 4.82. The lowest BCUT2D eigenvalue weighted by atomic mass is 10.0. The number of nitrogens with one attached hydrogen (secondary N) is 3. The van der Waals surface area contributed by atoms with E-state index < -0.39 is 6.03 Å². The number of aromatic nitrogens is 3. The molecule has 7 nitrogen and oxygen atoms in total. The molecule has 2 heterocycles. The maximum Gasteiger partial charge on any atom is 0.337 e.